The highest BCUT2D eigenvalue weighted by molar-refractivity contribution is 5.81. The number of nitrogens with zero attached hydrogens (tertiary/aromatic N) is 3. The van der Waals surface area contributed by atoms with Crippen molar-refractivity contribution < 1.29 is 9.59 Å². The molecule has 5 heteroatoms. The van der Waals surface area contributed by atoms with E-state index in [4.69, 9.17) is 0 Å². The topological polar surface area (TPSA) is 43.9 Å². The third-order valence-corrected chi connectivity index (χ3v) is 5.82. The van der Waals surface area contributed by atoms with Crippen LogP contribution in [0.2, 0.25) is 0 Å². The molecule has 22 heavy (non-hydrogen) atoms. The van der Waals surface area contributed by atoms with Crippen molar-refractivity contribution in [2.75, 3.05) is 33.2 Å². The number of piperidine rings is 1. The summed E-state index contributed by atoms with van der Waals surface area (Å²) >= 11 is 0. The Morgan fingerprint density at radius 1 is 0.909 bits per heavy atom. The zero-order chi connectivity index (χ0) is 15.7. The molecule has 0 N–H and O–H groups in total. The van der Waals surface area contributed by atoms with E-state index >= 15 is 0 Å². The van der Waals surface area contributed by atoms with Crippen LogP contribution in [0.1, 0.15) is 45.4 Å². The molecule has 0 aromatic carbocycles. The van der Waals surface area contributed by atoms with Crippen LogP contribution in [0.15, 0.2) is 0 Å². The number of rotatable bonds is 2. The molecule has 0 aromatic rings. The number of hydrogen-bond donors (Lipinski definition) is 0. The van der Waals surface area contributed by atoms with Crippen molar-refractivity contribution in [1.29, 1.82) is 0 Å². The van der Waals surface area contributed by atoms with Crippen LogP contribution in [0.25, 0.3) is 0 Å². The lowest BCUT2D eigenvalue weighted by atomic mass is 9.95. The van der Waals surface area contributed by atoms with Gasteiger partial charge in [-0.2, -0.15) is 0 Å². The average Bonchev–Trinajstić information content (AvgIpc) is 3.14. The zero-order valence-electron chi connectivity index (χ0n) is 14.0. The Kier molecular flexibility index (Phi) is 4.71. The van der Waals surface area contributed by atoms with Crippen LogP contribution in [0.5, 0.6) is 0 Å². The van der Waals surface area contributed by atoms with Gasteiger partial charge in [-0.05, 0) is 52.1 Å². The lowest BCUT2D eigenvalue weighted by molar-refractivity contribution is -0.141. The number of carbonyl (C=O) groups excluding carboxylic acids is 2. The second kappa shape index (κ2) is 6.57. The highest BCUT2D eigenvalue weighted by Crippen LogP contribution is 2.31. The molecule has 0 saturated carbocycles. The van der Waals surface area contributed by atoms with Crippen molar-refractivity contribution in [2.24, 2.45) is 5.92 Å². The van der Waals surface area contributed by atoms with E-state index < -0.39 is 0 Å². The van der Waals surface area contributed by atoms with Gasteiger partial charge >= 0.3 is 0 Å². The largest absolute Gasteiger partial charge is 0.342 e. The first-order valence-corrected chi connectivity index (χ1v) is 8.84. The average molecular weight is 307 g/mol. The summed E-state index contributed by atoms with van der Waals surface area (Å²) in [5.41, 5.74) is 0. The van der Waals surface area contributed by atoms with Crippen LogP contribution in [-0.4, -0.2) is 71.8 Å². The quantitative estimate of drug-likeness (QED) is 0.773. The number of likely N-dealkylation sites (tertiary alicyclic amines) is 3. The van der Waals surface area contributed by atoms with E-state index in [0.717, 1.165) is 45.3 Å². The van der Waals surface area contributed by atoms with Gasteiger partial charge in [-0.1, -0.05) is 0 Å². The van der Waals surface area contributed by atoms with Crippen LogP contribution < -0.4 is 0 Å². The number of hydrogen-bond acceptors (Lipinski definition) is 3. The van der Waals surface area contributed by atoms with Crippen molar-refractivity contribution in [3.05, 3.63) is 0 Å². The summed E-state index contributed by atoms with van der Waals surface area (Å²) in [4.78, 5) is 31.0. The Morgan fingerprint density at radius 2 is 1.59 bits per heavy atom. The van der Waals surface area contributed by atoms with Crippen molar-refractivity contribution in [3.63, 3.8) is 0 Å². The molecule has 3 heterocycles. The van der Waals surface area contributed by atoms with Crippen LogP contribution >= 0.6 is 0 Å². The Morgan fingerprint density at radius 3 is 2.27 bits per heavy atom. The van der Waals surface area contributed by atoms with Gasteiger partial charge in [0, 0.05) is 38.6 Å². The molecule has 3 atom stereocenters. The Labute approximate surface area is 133 Å². The normalized spacial score (nSPS) is 33.5. The van der Waals surface area contributed by atoms with Gasteiger partial charge in [0.25, 0.3) is 0 Å². The highest BCUT2D eigenvalue weighted by Gasteiger charge is 2.41. The van der Waals surface area contributed by atoms with Crippen LogP contribution in [-0.2, 0) is 9.59 Å². The van der Waals surface area contributed by atoms with E-state index in [9.17, 15) is 9.59 Å². The Hall–Kier alpha value is -1.10. The molecule has 3 aliphatic heterocycles. The Bertz CT molecular complexity index is 440. The molecule has 0 aromatic heterocycles. The van der Waals surface area contributed by atoms with Gasteiger partial charge < -0.3 is 14.7 Å². The zero-order valence-corrected chi connectivity index (χ0v) is 14.0. The summed E-state index contributed by atoms with van der Waals surface area (Å²) in [6, 6.07) is 0.937. The fraction of sp³-hybridized carbons (Fsp3) is 0.882. The molecule has 2 amide bonds. The van der Waals surface area contributed by atoms with E-state index in [1.54, 1.807) is 6.92 Å². The van der Waals surface area contributed by atoms with Gasteiger partial charge in [-0.3, -0.25) is 9.59 Å². The fourth-order valence-corrected chi connectivity index (χ4v) is 4.59. The summed E-state index contributed by atoms with van der Waals surface area (Å²) < 4.78 is 0. The predicted octanol–water partition coefficient (Wildman–Crippen LogP) is 1.33. The summed E-state index contributed by atoms with van der Waals surface area (Å²) in [6.45, 7) is 5.11. The Balaban J connectivity index is 1.66. The van der Waals surface area contributed by atoms with E-state index in [1.807, 2.05) is 4.90 Å². The molecule has 0 radical (unpaired) electrons. The van der Waals surface area contributed by atoms with Gasteiger partial charge in [0.2, 0.25) is 11.8 Å². The van der Waals surface area contributed by atoms with E-state index in [1.165, 1.54) is 12.8 Å². The van der Waals surface area contributed by atoms with Gasteiger partial charge in [0.15, 0.2) is 0 Å². The second-order valence-corrected chi connectivity index (χ2v) is 7.24. The fourth-order valence-electron chi connectivity index (χ4n) is 4.59. The van der Waals surface area contributed by atoms with Gasteiger partial charge in [0.05, 0.1) is 5.92 Å². The van der Waals surface area contributed by atoms with Crippen molar-refractivity contribution in [3.8, 4) is 0 Å². The highest BCUT2D eigenvalue weighted by atomic mass is 16.2. The van der Waals surface area contributed by atoms with Crippen LogP contribution in [0.3, 0.4) is 0 Å². The lowest BCUT2D eigenvalue weighted by Gasteiger charge is -2.38. The van der Waals surface area contributed by atoms with Gasteiger partial charge in [0.1, 0.15) is 0 Å². The first kappa shape index (κ1) is 15.8. The summed E-state index contributed by atoms with van der Waals surface area (Å²) in [5.74, 6) is 0.421. The van der Waals surface area contributed by atoms with Crippen LogP contribution in [0, 0.1) is 5.92 Å². The first-order chi connectivity index (χ1) is 10.6. The molecule has 3 rings (SSSR count). The molecule has 5 nitrogen and oxygen atoms in total. The maximum Gasteiger partial charge on any atom is 0.227 e. The number of carbonyl (C=O) groups is 2. The number of amides is 2. The number of likely N-dealkylation sites (N-methyl/N-ethyl adjacent to an activating group) is 1. The third kappa shape index (κ3) is 3.00. The predicted molar refractivity (Wildman–Crippen MR) is 85.4 cm³/mol. The minimum atomic E-state index is 0.0185. The summed E-state index contributed by atoms with van der Waals surface area (Å²) in [7, 11) is 2.19. The maximum atomic E-state index is 13.0. The van der Waals surface area contributed by atoms with E-state index in [0.29, 0.717) is 24.5 Å². The molecular weight excluding hydrogens is 278 g/mol. The minimum absolute atomic E-state index is 0.0185. The van der Waals surface area contributed by atoms with Crippen LogP contribution in [0.4, 0.5) is 0 Å². The third-order valence-electron chi connectivity index (χ3n) is 5.82. The SMILES string of the molecule is CC(=O)N1CCC[C@H](C(=O)N2CCC[C@@H]2[C@@H]2CCCN2C)C1. The lowest BCUT2D eigenvalue weighted by Crippen LogP contribution is -2.51. The first-order valence-electron chi connectivity index (χ1n) is 8.84. The summed E-state index contributed by atoms with van der Waals surface area (Å²) in [6.07, 6.45) is 6.63. The monoisotopic (exact) mass is 307 g/mol. The molecule has 0 spiro atoms. The molecule has 0 aliphatic carbocycles. The second-order valence-electron chi connectivity index (χ2n) is 7.24. The standard InChI is InChI=1S/C17H29N3O2/c1-13(21)19-10-3-6-14(12-19)17(22)20-11-5-8-16(20)15-7-4-9-18(15)2/h14-16H,3-12H2,1-2H3/t14-,15-,16+/m0/s1. The smallest absolute Gasteiger partial charge is 0.227 e. The molecule has 3 saturated heterocycles. The molecule has 3 fully saturated rings. The van der Waals surface area contributed by atoms with Gasteiger partial charge in [-0.25, -0.2) is 0 Å². The summed E-state index contributed by atoms with van der Waals surface area (Å²) in [5, 5.41) is 0. The molecule has 0 unspecified atom stereocenters. The van der Waals surface area contributed by atoms with E-state index in [2.05, 4.69) is 16.8 Å². The molecule has 3 aliphatic rings. The van der Waals surface area contributed by atoms with Crippen molar-refractivity contribution >= 4 is 11.8 Å². The van der Waals surface area contributed by atoms with Crippen molar-refractivity contribution in [2.45, 2.75) is 57.5 Å². The maximum absolute atomic E-state index is 13.0. The van der Waals surface area contributed by atoms with Gasteiger partial charge in [-0.15, -0.1) is 0 Å². The molecular formula is C17H29N3O2. The van der Waals surface area contributed by atoms with E-state index in [-0.39, 0.29) is 11.8 Å². The molecule has 0 bridgehead atoms. The van der Waals surface area contributed by atoms with Crippen molar-refractivity contribution in [1.82, 2.24) is 14.7 Å². The molecule has 124 valence electrons. The minimum Gasteiger partial charge on any atom is -0.342 e.